The zero-order valence-corrected chi connectivity index (χ0v) is 18.7. The Labute approximate surface area is 187 Å². The maximum Gasteiger partial charge on any atom is 0.220 e. The first-order valence-corrected chi connectivity index (χ1v) is 11.1. The molecule has 0 aliphatic carbocycles. The molecule has 32 heavy (non-hydrogen) atoms. The molecule has 1 aliphatic rings. The highest BCUT2D eigenvalue weighted by molar-refractivity contribution is 5.76. The van der Waals surface area contributed by atoms with Crippen molar-refractivity contribution in [1.82, 2.24) is 20.5 Å². The number of carbonyl (C=O) groups is 1. The zero-order valence-electron chi connectivity index (χ0n) is 18.7. The number of amides is 1. The van der Waals surface area contributed by atoms with Gasteiger partial charge in [0.05, 0.1) is 14.2 Å². The van der Waals surface area contributed by atoms with Crippen LogP contribution in [0.4, 0.5) is 0 Å². The normalized spacial score (nSPS) is 16.8. The molecule has 1 unspecified atom stereocenters. The smallest absolute Gasteiger partial charge is 0.220 e. The van der Waals surface area contributed by atoms with E-state index >= 15 is 0 Å². The standard InChI is InChI=1S/C24H30N4O4/c1-30-20-8-7-19(23(13-20)31-2)14-25-24(29)10-6-17-4-3-11-28(15-17)16-18-5-9-21-22(12-18)27-32-26-21/h5,7-9,12-13,17H,3-4,6,10-11,14-16H2,1-2H3,(H,25,29). The third-order valence-corrected chi connectivity index (χ3v) is 6.08. The molecule has 0 spiro atoms. The number of benzene rings is 2. The first-order chi connectivity index (χ1) is 15.6. The van der Waals surface area contributed by atoms with Crippen LogP contribution in [0, 0.1) is 5.92 Å². The minimum atomic E-state index is 0.0731. The van der Waals surface area contributed by atoms with Gasteiger partial charge in [0.2, 0.25) is 5.91 Å². The first-order valence-electron chi connectivity index (χ1n) is 11.1. The Hall–Kier alpha value is -3.13. The number of fused-ring (bicyclic) bond motifs is 1. The molecule has 0 bridgehead atoms. The number of rotatable bonds is 9. The molecule has 2 aromatic carbocycles. The Morgan fingerprint density at radius 1 is 1.16 bits per heavy atom. The van der Waals surface area contributed by atoms with E-state index in [0.717, 1.165) is 54.8 Å². The minimum Gasteiger partial charge on any atom is -0.497 e. The van der Waals surface area contributed by atoms with E-state index in [0.29, 0.717) is 24.6 Å². The maximum atomic E-state index is 12.4. The molecule has 1 aliphatic heterocycles. The van der Waals surface area contributed by atoms with E-state index in [2.05, 4.69) is 26.6 Å². The topological polar surface area (TPSA) is 89.7 Å². The van der Waals surface area contributed by atoms with E-state index in [4.69, 9.17) is 14.1 Å². The first kappa shape index (κ1) is 22.1. The summed E-state index contributed by atoms with van der Waals surface area (Å²) in [5.41, 5.74) is 3.72. The molecule has 170 valence electrons. The predicted molar refractivity (Wildman–Crippen MR) is 120 cm³/mol. The second kappa shape index (κ2) is 10.5. The summed E-state index contributed by atoms with van der Waals surface area (Å²) in [5, 5.41) is 10.8. The van der Waals surface area contributed by atoms with Crippen LogP contribution in [0.3, 0.4) is 0 Å². The molecule has 1 aromatic heterocycles. The Bertz CT molecular complexity index is 1050. The summed E-state index contributed by atoms with van der Waals surface area (Å²) >= 11 is 0. The van der Waals surface area contributed by atoms with Gasteiger partial charge in [-0.2, -0.15) is 0 Å². The average Bonchev–Trinajstić information content (AvgIpc) is 3.29. The number of likely N-dealkylation sites (tertiary alicyclic amines) is 1. The van der Waals surface area contributed by atoms with Crippen LogP contribution in [0.15, 0.2) is 41.0 Å². The van der Waals surface area contributed by atoms with E-state index in [1.807, 2.05) is 30.3 Å². The largest absolute Gasteiger partial charge is 0.497 e. The number of methoxy groups -OCH3 is 2. The number of nitrogens with one attached hydrogen (secondary N) is 1. The fourth-order valence-electron chi connectivity index (χ4n) is 4.33. The van der Waals surface area contributed by atoms with Gasteiger partial charge in [0.1, 0.15) is 22.5 Å². The van der Waals surface area contributed by atoms with Gasteiger partial charge < -0.3 is 14.8 Å². The van der Waals surface area contributed by atoms with Crippen LogP contribution in [0.5, 0.6) is 11.5 Å². The quantitative estimate of drug-likeness (QED) is 0.546. The summed E-state index contributed by atoms with van der Waals surface area (Å²) in [6.07, 6.45) is 3.76. The lowest BCUT2D eigenvalue weighted by atomic mass is 9.93. The second-order valence-electron chi connectivity index (χ2n) is 8.32. The van der Waals surface area contributed by atoms with Gasteiger partial charge in [-0.15, -0.1) is 0 Å². The lowest BCUT2D eigenvalue weighted by Crippen LogP contribution is -2.35. The molecule has 1 atom stereocenters. The molecule has 3 aromatic rings. The van der Waals surface area contributed by atoms with E-state index in [9.17, 15) is 4.79 Å². The van der Waals surface area contributed by atoms with E-state index in [-0.39, 0.29) is 5.91 Å². The maximum absolute atomic E-state index is 12.4. The molecular formula is C24H30N4O4. The summed E-state index contributed by atoms with van der Waals surface area (Å²) < 4.78 is 15.4. The van der Waals surface area contributed by atoms with Crippen LogP contribution in [0.25, 0.3) is 11.0 Å². The van der Waals surface area contributed by atoms with Crippen molar-refractivity contribution < 1.29 is 18.9 Å². The average molecular weight is 439 g/mol. The van der Waals surface area contributed by atoms with Gasteiger partial charge in [-0.1, -0.05) is 6.07 Å². The van der Waals surface area contributed by atoms with E-state index in [1.54, 1.807) is 14.2 Å². The lowest BCUT2D eigenvalue weighted by Gasteiger charge is -2.32. The number of nitrogens with zero attached hydrogens (tertiary/aromatic N) is 3. The van der Waals surface area contributed by atoms with Crippen molar-refractivity contribution >= 4 is 16.9 Å². The number of piperidine rings is 1. The summed E-state index contributed by atoms with van der Waals surface area (Å²) in [7, 11) is 3.24. The van der Waals surface area contributed by atoms with Crippen molar-refractivity contribution in [3.63, 3.8) is 0 Å². The third kappa shape index (κ3) is 5.56. The molecular weight excluding hydrogens is 408 g/mol. The summed E-state index contributed by atoms with van der Waals surface area (Å²) in [4.78, 5) is 14.9. The minimum absolute atomic E-state index is 0.0731. The van der Waals surface area contributed by atoms with Crippen LogP contribution >= 0.6 is 0 Å². The van der Waals surface area contributed by atoms with Crippen LogP contribution in [-0.2, 0) is 17.9 Å². The Balaban J connectivity index is 1.23. The van der Waals surface area contributed by atoms with Crippen LogP contribution in [-0.4, -0.2) is 48.4 Å². The number of aromatic nitrogens is 2. The summed E-state index contributed by atoms with van der Waals surface area (Å²) in [5.74, 6) is 2.05. The van der Waals surface area contributed by atoms with Crippen LogP contribution in [0.1, 0.15) is 36.8 Å². The van der Waals surface area contributed by atoms with Crippen molar-refractivity contribution in [1.29, 1.82) is 0 Å². The van der Waals surface area contributed by atoms with Gasteiger partial charge in [0, 0.05) is 37.7 Å². The van der Waals surface area contributed by atoms with Crippen LogP contribution in [0.2, 0.25) is 0 Å². The number of ether oxygens (including phenoxy) is 2. The van der Waals surface area contributed by atoms with E-state index in [1.165, 1.54) is 12.0 Å². The number of hydrogen-bond acceptors (Lipinski definition) is 7. The van der Waals surface area contributed by atoms with Crippen LogP contribution < -0.4 is 14.8 Å². The molecule has 4 rings (SSSR count). The summed E-state index contributed by atoms with van der Waals surface area (Å²) in [6, 6.07) is 11.7. The predicted octanol–water partition coefficient (Wildman–Crippen LogP) is 3.55. The monoisotopic (exact) mass is 438 g/mol. The molecule has 0 radical (unpaired) electrons. The van der Waals surface area contributed by atoms with Gasteiger partial charge in [-0.3, -0.25) is 9.69 Å². The fraction of sp³-hybridized carbons (Fsp3) is 0.458. The van der Waals surface area contributed by atoms with Crippen molar-refractivity contribution in [2.75, 3.05) is 27.3 Å². The fourth-order valence-corrected chi connectivity index (χ4v) is 4.33. The van der Waals surface area contributed by atoms with Gasteiger partial charge in [0.15, 0.2) is 0 Å². The Morgan fingerprint density at radius 2 is 2.03 bits per heavy atom. The van der Waals surface area contributed by atoms with Crippen molar-refractivity contribution in [3.05, 3.63) is 47.5 Å². The zero-order chi connectivity index (χ0) is 22.3. The SMILES string of the molecule is COc1ccc(CNC(=O)CCC2CCCN(Cc3ccc4nonc4c3)C2)c(OC)c1. The molecule has 0 saturated carbocycles. The third-order valence-electron chi connectivity index (χ3n) is 6.08. The van der Waals surface area contributed by atoms with E-state index < -0.39 is 0 Å². The molecule has 8 heteroatoms. The highest BCUT2D eigenvalue weighted by atomic mass is 16.6. The van der Waals surface area contributed by atoms with Gasteiger partial charge in [0.25, 0.3) is 0 Å². The molecule has 1 fully saturated rings. The Morgan fingerprint density at radius 3 is 2.88 bits per heavy atom. The second-order valence-corrected chi connectivity index (χ2v) is 8.32. The van der Waals surface area contributed by atoms with Gasteiger partial charge in [-0.05, 0) is 71.9 Å². The molecule has 1 saturated heterocycles. The number of hydrogen-bond donors (Lipinski definition) is 1. The number of carbonyl (C=O) groups excluding carboxylic acids is 1. The molecule has 2 heterocycles. The lowest BCUT2D eigenvalue weighted by molar-refractivity contribution is -0.121. The van der Waals surface area contributed by atoms with Crippen molar-refractivity contribution in [3.8, 4) is 11.5 Å². The highest BCUT2D eigenvalue weighted by Gasteiger charge is 2.21. The Kier molecular flexibility index (Phi) is 7.21. The van der Waals surface area contributed by atoms with Crippen molar-refractivity contribution in [2.24, 2.45) is 5.92 Å². The van der Waals surface area contributed by atoms with Crippen molar-refractivity contribution in [2.45, 2.75) is 38.8 Å². The molecule has 1 amide bonds. The van der Waals surface area contributed by atoms with Gasteiger partial charge in [-0.25, -0.2) is 4.63 Å². The van der Waals surface area contributed by atoms with Gasteiger partial charge >= 0.3 is 0 Å². The molecule has 1 N–H and O–H groups in total. The highest BCUT2D eigenvalue weighted by Crippen LogP contribution is 2.25. The molecule has 8 nitrogen and oxygen atoms in total. The summed E-state index contributed by atoms with van der Waals surface area (Å²) in [6.45, 7) is 3.41.